The Balaban J connectivity index is 1.87. The van der Waals surface area contributed by atoms with Crippen LogP contribution in [0.5, 0.6) is 0 Å². The molecule has 0 spiro atoms. The van der Waals surface area contributed by atoms with Crippen molar-refractivity contribution in [1.29, 1.82) is 0 Å². The van der Waals surface area contributed by atoms with Gasteiger partial charge in [-0.3, -0.25) is 4.79 Å². The topological polar surface area (TPSA) is 65.8 Å². The summed E-state index contributed by atoms with van der Waals surface area (Å²) in [6, 6.07) is 1.50. The predicted octanol–water partition coefficient (Wildman–Crippen LogP) is 3.89. The molecule has 1 saturated heterocycles. The third kappa shape index (κ3) is 3.33. The van der Waals surface area contributed by atoms with Crippen molar-refractivity contribution in [2.24, 2.45) is 0 Å². The molecule has 1 unspecified atom stereocenters. The van der Waals surface area contributed by atoms with Crippen LogP contribution in [0.1, 0.15) is 41.7 Å². The molecule has 6 nitrogen and oxygen atoms in total. The summed E-state index contributed by atoms with van der Waals surface area (Å²) >= 11 is 6.52. The van der Waals surface area contributed by atoms with E-state index in [1.54, 1.807) is 0 Å². The average Bonchev–Trinajstić information content (AvgIpc) is 2.69. The Kier molecular flexibility index (Phi) is 5.22. The highest BCUT2D eigenvalue weighted by Gasteiger charge is 2.39. The van der Waals surface area contributed by atoms with Gasteiger partial charge in [-0.1, -0.05) is 18.5 Å². The van der Waals surface area contributed by atoms with Crippen LogP contribution in [0.2, 0.25) is 5.02 Å². The molecule has 4 rings (SSSR count). The van der Waals surface area contributed by atoms with Crippen molar-refractivity contribution in [3.8, 4) is 0 Å². The van der Waals surface area contributed by atoms with Crippen molar-refractivity contribution in [2.75, 3.05) is 31.1 Å². The highest BCUT2D eigenvalue weighted by Crippen LogP contribution is 2.42. The fraction of sp³-hybridized carbons (Fsp3) is 0.500. The number of carbonyl (C=O) groups is 1. The summed E-state index contributed by atoms with van der Waals surface area (Å²) in [6.45, 7) is 1.98. The normalized spacial score (nSPS) is 20.0. The van der Waals surface area contributed by atoms with Crippen LogP contribution in [0.3, 0.4) is 0 Å². The van der Waals surface area contributed by atoms with Gasteiger partial charge in [0, 0.05) is 49.4 Å². The van der Waals surface area contributed by atoms with Gasteiger partial charge in [-0.2, -0.15) is 13.2 Å². The predicted molar refractivity (Wildman–Crippen MR) is 108 cm³/mol. The van der Waals surface area contributed by atoms with Crippen LogP contribution in [0.4, 0.5) is 18.9 Å². The van der Waals surface area contributed by atoms with Crippen LogP contribution in [0, 0.1) is 0 Å². The number of piperazine rings is 1. The van der Waals surface area contributed by atoms with E-state index in [0.717, 1.165) is 18.4 Å². The van der Waals surface area contributed by atoms with E-state index < -0.39 is 17.7 Å². The summed E-state index contributed by atoms with van der Waals surface area (Å²) in [6.07, 6.45) is -0.857. The Morgan fingerprint density at radius 2 is 1.93 bits per heavy atom. The number of aromatic carboxylic acids is 1. The zero-order chi connectivity index (χ0) is 21.8. The number of carboxylic acid groups (broad SMARTS) is 1. The second-order valence-electron chi connectivity index (χ2n) is 7.71. The molecule has 1 aromatic carbocycles. The fourth-order valence-corrected chi connectivity index (χ4v) is 4.95. The maximum atomic E-state index is 13.0. The van der Waals surface area contributed by atoms with E-state index in [1.807, 2.05) is 16.4 Å². The first-order valence-electron chi connectivity index (χ1n) is 9.83. The van der Waals surface area contributed by atoms with Crippen molar-refractivity contribution in [3.63, 3.8) is 0 Å². The molecule has 1 aromatic heterocycles. The molecule has 0 aliphatic carbocycles. The second kappa shape index (κ2) is 7.46. The van der Waals surface area contributed by atoms with E-state index in [9.17, 15) is 27.9 Å². The minimum absolute atomic E-state index is 0.0369. The highest BCUT2D eigenvalue weighted by molar-refractivity contribution is 6.34. The van der Waals surface area contributed by atoms with Crippen LogP contribution >= 0.6 is 11.6 Å². The largest absolute Gasteiger partial charge is 0.477 e. The van der Waals surface area contributed by atoms with Crippen LogP contribution in [-0.4, -0.2) is 53.0 Å². The van der Waals surface area contributed by atoms with Gasteiger partial charge in [-0.05, 0) is 25.3 Å². The molecule has 10 heteroatoms. The van der Waals surface area contributed by atoms with Crippen LogP contribution in [0.15, 0.2) is 17.1 Å². The lowest BCUT2D eigenvalue weighted by atomic mass is 9.92. The average molecular weight is 444 g/mol. The Morgan fingerprint density at radius 3 is 2.50 bits per heavy atom. The zero-order valence-electron chi connectivity index (χ0n) is 16.3. The summed E-state index contributed by atoms with van der Waals surface area (Å²) in [5.41, 5.74) is 1.19. The molecular formula is C20H21ClF3N3O3. The maximum Gasteiger partial charge on any atom is 0.460 e. The quantitative estimate of drug-likeness (QED) is 0.729. The Labute approximate surface area is 175 Å². The van der Waals surface area contributed by atoms with Gasteiger partial charge in [-0.25, -0.2) is 9.69 Å². The lowest BCUT2D eigenvalue weighted by Gasteiger charge is -2.39. The van der Waals surface area contributed by atoms with E-state index in [1.165, 1.54) is 12.3 Å². The maximum absolute atomic E-state index is 13.0. The van der Waals surface area contributed by atoms with Crippen molar-refractivity contribution in [2.45, 2.75) is 38.5 Å². The number of carboxylic acids is 1. The number of alkyl halides is 3. The lowest BCUT2D eigenvalue weighted by Crippen LogP contribution is -2.52. The molecule has 2 aromatic rings. The minimum Gasteiger partial charge on any atom is -0.477 e. The minimum atomic E-state index is -4.37. The number of hydrogen-bond donors (Lipinski definition) is 1. The number of hydrogen-bond acceptors (Lipinski definition) is 4. The van der Waals surface area contributed by atoms with Crippen molar-refractivity contribution >= 4 is 34.2 Å². The Morgan fingerprint density at radius 1 is 1.27 bits per heavy atom. The van der Waals surface area contributed by atoms with E-state index in [2.05, 4.69) is 0 Å². The summed E-state index contributed by atoms with van der Waals surface area (Å²) in [7, 11) is 0. The van der Waals surface area contributed by atoms with Gasteiger partial charge in [0.2, 0.25) is 5.43 Å². The summed E-state index contributed by atoms with van der Waals surface area (Å²) < 4.78 is 40.8. The molecule has 2 aliphatic heterocycles. The third-order valence-electron chi connectivity index (χ3n) is 6.12. The number of aryl methyl sites for hydroxylation is 1. The molecule has 0 saturated carbocycles. The monoisotopic (exact) mass is 443 g/mol. The van der Waals surface area contributed by atoms with Gasteiger partial charge in [0.25, 0.3) is 0 Å². The molecule has 0 bridgehead atoms. The van der Waals surface area contributed by atoms with Crippen LogP contribution in [0.25, 0.3) is 10.9 Å². The molecule has 1 N–H and O–H groups in total. The van der Waals surface area contributed by atoms with E-state index in [0.29, 0.717) is 22.5 Å². The number of anilines is 1. The number of benzene rings is 1. The SMILES string of the molecule is CCC1CCc2c(N3CCN(C(F)(F)F)CC3)c(Cl)cc3c(=O)c(C(=O)O)cn1c23. The van der Waals surface area contributed by atoms with E-state index in [4.69, 9.17) is 11.6 Å². The zero-order valence-corrected chi connectivity index (χ0v) is 17.1. The number of halogens is 4. The third-order valence-corrected chi connectivity index (χ3v) is 6.40. The number of nitrogens with zero attached hydrogens (tertiary/aromatic N) is 3. The van der Waals surface area contributed by atoms with Gasteiger partial charge < -0.3 is 14.6 Å². The fourth-order valence-electron chi connectivity index (χ4n) is 4.61. The first-order valence-corrected chi connectivity index (χ1v) is 10.2. The molecule has 0 radical (unpaired) electrons. The van der Waals surface area contributed by atoms with Crippen molar-refractivity contribution < 1.29 is 23.1 Å². The van der Waals surface area contributed by atoms with Crippen LogP contribution in [-0.2, 0) is 6.42 Å². The molecule has 0 amide bonds. The van der Waals surface area contributed by atoms with Gasteiger partial charge in [0.1, 0.15) is 5.56 Å². The smallest absolute Gasteiger partial charge is 0.460 e. The molecule has 2 aliphatic rings. The van der Waals surface area contributed by atoms with Crippen LogP contribution < -0.4 is 10.3 Å². The van der Waals surface area contributed by atoms with E-state index in [-0.39, 0.29) is 48.2 Å². The number of aromatic nitrogens is 1. The molecule has 162 valence electrons. The van der Waals surface area contributed by atoms with Crippen molar-refractivity contribution in [1.82, 2.24) is 9.47 Å². The Bertz CT molecular complexity index is 1080. The van der Waals surface area contributed by atoms with Crippen molar-refractivity contribution in [3.05, 3.63) is 38.6 Å². The molecule has 1 fully saturated rings. The van der Waals surface area contributed by atoms with Gasteiger partial charge in [0.15, 0.2) is 0 Å². The number of pyridine rings is 1. The first kappa shape index (κ1) is 21.0. The van der Waals surface area contributed by atoms with Gasteiger partial charge in [-0.15, -0.1) is 0 Å². The molecular weight excluding hydrogens is 423 g/mol. The van der Waals surface area contributed by atoms with E-state index >= 15 is 0 Å². The molecule has 1 atom stereocenters. The summed E-state index contributed by atoms with van der Waals surface area (Å²) in [4.78, 5) is 26.7. The second-order valence-corrected chi connectivity index (χ2v) is 8.12. The highest BCUT2D eigenvalue weighted by atomic mass is 35.5. The lowest BCUT2D eigenvalue weighted by molar-refractivity contribution is -0.246. The summed E-state index contributed by atoms with van der Waals surface area (Å²) in [5, 5.41) is 9.96. The Hall–Kier alpha value is -2.26. The van der Waals surface area contributed by atoms with Gasteiger partial charge in [0.05, 0.1) is 16.2 Å². The molecule has 30 heavy (non-hydrogen) atoms. The standard InChI is InChI=1S/C20H21ClF3N3O3/c1-2-11-3-4-12-16-13(18(28)14(19(29)30)10-27(11)16)9-15(21)17(12)25-5-7-26(8-6-25)20(22,23)24/h9-11H,2-8H2,1H3,(H,29,30). The number of rotatable bonds is 3. The first-order chi connectivity index (χ1) is 14.1. The summed E-state index contributed by atoms with van der Waals surface area (Å²) in [5.74, 6) is -1.30. The molecule has 3 heterocycles. The van der Waals surface area contributed by atoms with Gasteiger partial charge >= 0.3 is 12.3 Å².